The lowest BCUT2D eigenvalue weighted by Gasteiger charge is -2.34. The molecule has 1 aliphatic carbocycles. The van der Waals surface area contributed by atoms with E-state index in [4.69, 9.17) is 0 Å². The summed E-state index contributed by atoms with van der Waals surface area (Å²) in [5, 5.41) is 17.5. The van der Waals surface area contributed by atoms with Crippen LogP contribution in [0.5, 0.6) is 0 Å². The third kappa shape index (κ3) is 3.83. The molecule has 0 spiro atoms. The number of hydrogen-bond acceptors (Lipinski definition) is 5. The van der Waals surface area contributed by atoms with E-state index in [9.17, 15) is 10.1 Å². The second kappa shape index (κ2) is 6.74. The molecule has 3 unspecified atom stereocenters. The van der Waals surface area contributed by atoms with E-state index < -0.39 is 0 Å². The minimum atomic E-state index is -0.374. The van der Waals surface area contributed by atoms with Gasteiger partial charge < -0.3 is 10.6 Å². The first-order valence-corrected chi connectivity index (χ1v) is 7.68. The van der Waals surface area contributed by atoms with Gasteiger partial charge >= 0.3 is 0 Å². The van der Waals surface area contributed by atoms with Crippen molar-refractivity contribution < 1.29 is 4.92 Å². The van der Waals surface area contributed by atoms with E-state index in [0.717, 1.165) is 6.42 Å². The van der Waals surface area contributed by atoms with Crippen molar-refractivity contribution in [3.05, 3.63) is 22.2 Å². The molecule has 1 saturated carbocycles. The van der Waals surface area contributed by atoms with Crippen LogP contribution in [0.15, 0.2) is 12.1 Å². The lowest BCUT2D eigenvalue weighted by Crippen LogP contribution is -2.35. The molecule has 0 bridgehead atoms. The highest BCUT2D eigenvalue weighted by molar-refractivity contribution is 5.55. The van der Waals surface area contributed by atoms with Gasteiger partial charge in [-0.15, -0.1) is 0 Å². The van der Waals surface area contributed by atoms with Gasteiger partial charge in [-0.05, 0) is 25.2 Å². The number of nitrogens with one attached hydrogen (secondary N) is 2. The van der Waals surface area contributed by atoms with Gasteiger partial charge in [0.05, 0.1) is 17.1 Å². The van der Waals surface area contributed by atoms with Gasteiger partial charge in [-0.1, -0.05) is 26.7 Å². The summed E-state index contributed by atoms with van der Waals surface area (Å²) in [4.78, 5) is 15.1. The van der Waals surface area contributed by atoms with E-state index in [0.29, 0.717) is 36.1 Å². The Morgan fingerprint density at radius 1 is 1.33 bits per heavy atom. The van der Waals surface area contributed by atoms with Crippen LogP contribution in [-0.4, -0.2) is 22.5 Å². The van der Waals surface area contributed by atoms with Crippen LogP contribution in [-0.2, 0) is 0 Å². The molecule has 21 heavy (non-hydrogen) atoms. The van der Waals surface area contributed by atoms with Crippen LogP contribution in [0, 0.1) is 22.0 Å². The Hall–Kier alpha value is -1.85. The zero-order chi connectivity index (χ0) is 15.4. The highest BCUT2D eigenvalue weighted by Crippen LogP contribution is 2.32. The molecule has 0 saturated heterocycles. The van der Waals surface area contributed by atoms with Crippen molar-refractivity contribution in [2.75, 3.05) is 17.2 Å². The van der Waals surface area contributed by atoms with Crippen LogP contribution in [0.4, 0.5) is 17.3 Å². The van der Waals surface area contributed by atoms with Crippen molar-refractivity contribution in [3.63, 3.8) is 0 Å². The molecule has 1 aromatic heterocycles. The molecule has 1 aromatic rings. The summed E-state index contributed by atoms with van der Waals surface area (Å²) >= 11 is 0. The summed E-state index contributed by atoms with van der Waals surface area (Å²) in [5.41, 5.74) is 0.0694. The summed E-state index contributed by atoms with van der Waals surface area (Å²) in [6.45, 7) is 7.14. The van der Waals surface area contributed by atoms with Crippen LogP contribution < -0.4 is 10.6 Å². The van der Waals surface area contributed by atoms with Gasteiger partial charge in [0.15, 0.2) is 0 Å². The molecule has 6 heteroatoms. The zero-order valence-electron chi connectivity index (χ0n) is 12.9. The molecule has 1 aliphatic rings. The van der Waals surface area contributed by atoms with Gasteiger partial charge in [0.25, 0.3) is 5.69 Å². The molecule has 3 atom stereocenters. The van der Waals surface area contributed by atoms with Gasteiger partial charge in [-0.25, -0.2) is 4.98 Å². The van der Waals surface area contributed by atoms with Crippen LogP contribution in [0.2, 0.25) is 0 Å². The van der Waals surface area contributed by atoms with Crippen LogP contribution in [0.25, 0.3) is 0 Å². The largest absolute Gasteiger partial charge is 0.370 e. The normalized spacial score (nSPS) is 25.4. The standard InChI is InChI=1S/C15H24N4O2/c1-4-16-14-8-12(19(20)21)9-15(18-14)17-13-7-5-6-10(2)11(13)3/h8-11,13H,4-7H2,1-3H3,(H2,16,17,18). The Morgan fingerprint density at radius 2 is 2.05 bits per heavy atom. The van der Waals surface area contributed by atoms with Crippen molar-refractivity contribution in [1.82, 2.24) is 4.98 Å². The quantitative estimate of drug-likeness (QED) is 0.639. The lowest BCUT2D eigenvalue weighted by atomic mass is 9.78. The Labute approximate surface area is 125 Å². The highest BCUT2D eigenvalue weighted by Gasteiger charge is 2.27. The average molecular weight is 292 g/mol. The predicted octanol–water partition coefficient (Wildman–Crippen LogP) is 3.66. The number of anilines is 2. The maximum absolute atomic E-state index is 11.0. The van der Waals surface area contributed by atoms with Crippen molar-refractivity contribution in [2.45, 2.75) is 46.1 Å². The monoisotopic (exact) mass is 292 g/mol. The summed E-state index contributed by atoms with van der Waals surface area (Å²) in [6.07, 6.45) is 3.54. The topological polar surface area (TPSA) is 80.1 Å². The Balaban J connectivity index is 2.19. The number of aromatic nitrogens is 1. The lowest BCUT2D eigenvalue weighted by molar-refractivity contribution is -0.384. The van der Waals surface area contributed by atoms with Crippen molar-refractivity contribution in [1.29, 1.82) is 0 Å². The van der Waals surface area contributed by atoms with Gasteiger partial charge in [0, 0.05) is 12.6 Å². The molecule has 6 nitrogen and oxygen atoms in total. The molecule has 0 aliphatic heterocycles. The summed E-state index contributed by atoms with van der Waals surface area (Å²) in [5.74, 6) is 2.35. The molecule has 0 aromatic carbocycles. The predicted molar refractivity (Wildman–Crippen MR) is 84.6 cm³/mol. The van der Waals surface area contributed by atoms with Gasteiger partial charge in [0.2, 0.25) is 0 Å². The minimum absolute atomic E-state index is 0.0694. The van der Waals surface area contributed by atoms with E-state index in [-0.39, 0.29) is 10.6 Å². The number of rotatable bonds is 5. The number of nitro groups is 1. The molecule has 116 valence electrons. The fraction of sp³-hybridized carbons (Fsp3) is 0.667. The van der Waals surface area contributed by atoms with E-state index in [1.807, 2.05) is 6.92 Å². The number of pyridine rings is 1. The summed E-state index contributed by atoms with van der Waals surface area (Å²) in [7, 11) is 0. The van der Waals surface area contributed by atoms with Gasteiger partial charge in [-0.3, -0.25) is 10.1 Å². The highest BCUT2D eigenvalue weighted by atomic mass is 16.6. The van der Waals surface area contributed by atoms with Crippen molar-refractivity contribution in [2.24, 2.45) is 11.8 Å². The Bertz CT molecular complexity index is 506. The molecule has 2 rings (SSSR count). The second-order valence-electron chi connectivity index (χ2n) is 5.90. The summed E-state index contributed by atoms with van der Waals surface area (Å²) in [6, 6.07) is 3.33. The van der Waals surface area contributed by atoms with E-state index in [1.54, 1.807) is 0 Å². The van der Waals surface area contributed by atoms with Crippen LogP contribution in [0.3, 0.4) is 0 Å². The number of nitrogens with zero attached hydrogens (tertiary/aromatic N) is 2. The first-order chi connectivity index (χ1) is 10.0. The maximum atomic E-state index is 11.0. The van der Waals surface area contributed by atoms with E-state index >= 15 is 0 Å². The van der Waals surface area contributed by atoms with E-state index in [1.165, 1.54) is 25.0 Å². The molecule has 0 radical (unpaired) electrons. The fourth-order valence-corrected chi connectivity index (χ4v) is 2.94. The maximum Gasteiger partial charge on any atom is 0.276 e. The molecule has 2 N–H and O–H groups in total. The Morgan fingerprint density at radius 3 is 2.71 bits per heavy atom. The van der Waals surface area contributed by atoms with Crippen molar-refractivity contribution in [3.8, 4) is 0 Å². The van der Waals surface area contributed by atoms with Crippen molar-refractivity contribution >= 4 is 17.3 Å². The SMILES string of the molecule is CCNc1cc([N+](=O)[O-])cc(NC2CCCC(C)C2C)n1. The third-order valence-corrected chi connectivity index (χ3v) is 4.42. The average Bonchev–Trinajstić information content (AvgIpc) is 2.44. The first-order valence-electron chi connectivity index (χ1n) is 7.68. The molecule has 1 fully saturated rings. The molecular weight excluding hydrogens is 268 g/mol. The van der Waals surface area contributed by atoms with Gasteiger partial charge in [-0.2, -0.15) is 0 Å². The molecular formula is C15H24N4O2. The zero-order valence-corrected chi connectivity index (χ0v) is 12.9. The third-order valence-electron chi connectivity index (χ3n) is 4.42. The minimum Gasteiger partial charge on any atom is -0.370 e. The second-order valence-corrected chi connectivity index (χ2v) is 5.90. The van der Waals surface area contributed by atoms with Gasteiger partial charge in [0.1, 0.15) is 11.6 Å². The van der Waals surface area contributed by atoms with Crippen LogP contribution >= 0.6 is 0 Å². The smallest absolute Gasteiger partial charge is 0.276 e. The fourth-order valence-electron chi connectivity index (χ4n) is 2.94. The Kier molecular flexibility index (Phi) is 4.98. The molecule has 1 heterocycles. The van der Waals surface area contributed by atoms with Crippen LogP contribution in [0.1, 0.15) is 40.0 Å². The number of hydrogen-bond donors (Lipinski definition) is 2. The first kappa shape index (κ1) is 15.5. The summed E-state index contributed by atoms with van der Waals surface area (Å²) < 4.78 is 0. The molecule has 0 amide bonds. The van der Waals surface area contributed by atoms with E-state index in [2.05, 4.69) is 29.5 Å².